The normalized spacial score (nSPS) is 12.3. The van der Waals surface area contributed by atoms with Crippen molar-refractivity contribution in [1.29, 1.82) is 0 Å². The Labute approximate surface area is 109 Å². The number of rotatable bonds is 9. The van der Waals surface area contributed by atoms with Gasteiger partial charge in [0.25, 0.3) is 0 Å². The standard InChI is InChI=1S/C13H25NO4/c1-5-9-17-13(16)10-11(7-8-14(3)4)18-12(15)6-2/h11H,5-10H2,1-4H3/t11-/m0/s1. The van der Waals surface area contributed by atoms with Gasteiger partial charge < -0.3 is 14.4 Å². The van der Waals surface area contributed by atoms with Gasteiger partial charge >= 0.3 is 11.9 Å². The fraction of sp³-hybridized carbons (Fsp3) is 0.846. The molecule has 0 fully saturated rings. The summed E-state index contributed by atoms with van der Waals surface area (Å²) in [5.74, 6) is -0.577. The highest BCUT2D eigenvalue weighted by Crippen LogP contribution is 2.08. The Bertz CT molecular complexity index is 253. The molecule has 0 aromatic carbocycles. The summed E-state index contributed by atoms with van der Waals surface area (Å²) in [4.78, 5) is 24.8. The molecule has 0 saturated carbocycles. The zero-order chi connectivity index (χ0) is 14.0. The van der Waals surface area contributed by atoms with Crippen LogP contribution in [-0.4, -0.2) is 50.2 Å². The summed E-state index contributed by atoms with van der Waals surface area (Å²) in [5.41, 5.74) is 0. The number of esters is 2. The van der Waals surface area contributed by atoms with Gasteiger partial charge in [-0.3, -0.25) is 9.59 Å². The van der Waals surface area contributed by atoms with E-state index in [4.69, 9.17) is 9.47 Å². The lowest BCUT2D eigenvalue weighted by atomic mass is 10.2. The third-order valence-electron chi connectivity index (χ3n) is 2.35. The summed E-state index contributed by atoms with van der Waals surface area (Å²) >= 11 is 0. The molecule has 106 valence electrons. The molecule has 18 heavy (non-hydrogen) atoms. The smallest absolute Gasteiger partial charge is 0.309 e. The maximum Gasteiger partial charge on any atom is 0.309 e. The number of hydrogen-bond donors (Lipinski definition) is 0. The molecule has 0 radical (unpaired) electrons. The number of carbonyl (C=O) groups excluding carboxylic acids is 2. The van der Waals surface area contributed by atoms with Gasteiger partial charge in [-0.2, -0.15) is 0 Å². The molecule has 0 unspecified atom stereocenters. The summed E-state index contributed by atoms with van der Waals surface area (Å²) in [6.45, 7) is 4.86. The zero-order valence-corrected chi connectivity index (χ0v) is 11.9. The van der Waals surface area contributed by atoms with Gasteiger partial charge in [0.15, 0.2) is 0 Å². The van der Waals surface area contributed by atoms with E-state index in [2.05, 4.69) is 0 Å². The lowest BCUT2D eigenvalue weighted by Gasteiger charge is -2.19. The second-order valence-electron chi connectivity index (χ2n) is 4.48. The minimum atomic E-state index is -0.385. The van der Waals surface area contributed by atoms with Gasteiger partial charge in [0.1, 0.15) is 6.10 Å². The molecule has 5 nitrogen and oxygen atoms in total. The van der Waals surface area contributed by atoms with E-state index in [-0.39, 0.29) is 24.5 Å². The van der Waals surface area contributed by atoms with E-state index in [1.165, 1.54) is 0 Å². The van der Waals surface area contributed by atoms with Crippen LogP contribution in [0.3, 0.4) is 0 Å². The fourth-order valence-corrected chi connectivity index (χ4v) is 1.33. The van der Waals surface area contributed by atoms with Gasteiger partial charge in [0.05, 0.1) is 13.0 Å². The van der Waals surface area contributed by atoms with Crippen LogP contribution in [0.1, 0.15) is 39.5 Å². The van der Waals surface area contributed by atoms with Crippen LogP contribution in [0, 0.1) is 0 Å². The van der Waals surface area contributed by atoms with E-state index < -0.39 is 0 Å². The van der Waals surface area contributed by atoms with E-state index in [0.717, 1.165) is 13.0 Å². The number of nitrogens with zero attached hydrogens (tertiary/aromatic N) is 1. The fourth-order valence-electron chi connectivity index (χ4n) is 1.33. The van der Waals surface area contributed by atoms with Crippen LogP contribution >= 0.6 is 0 Å². The molecule has 0 aliphatic heterocycles. The third kappa shape index (κ3) is 8.98. The molecule has 0 aromatic rings. The molecule has 0 aliphatic carbocycles. The predicted octanol–water partition coefficient (Wildman–Crippen LogP) is 1.60. The highest BCUT2D eigenvalue weighted by atomic mass is 16.6. The first-order valence-corrected chi connectivity index (χ1v) is 6.49. The average molecular weight is 259 g/mol. The van der Waals surface area contributed by atoms with E-state index in [0.29, 0.717) is 19.4 Å². The first-order valence-electron chi connectivity index (χ1n) is 6.49. The molecule has 5 heteroatoms. The van der Waals surface area contributed by atoms with Gasteiger partial charge in [-0.15, -0.1) is 0 Å². The molecule has 0 N–H and O–H groups in total. The molecule has 0 aromatic heterocycles. The number of carbonyl (C=O) groups is 2. The quantitative estimate of drug-likeness (QED) is 0.589. The lowest BCUT2D eigenvalue weighted by molar-refractivity contribution is -0.155. The Kier molecular flexibility index (Phi) is 9.28. The van der Waals surface area contributed by atoms with Crippen molar-refractivity contribution >= 4 is 11.9 Å². The van der Waals surface area contributed by atoms with Crippen molar-refractivity contribution in [3.8, 4) is 0 Å². The van der Waals surface area contributed by atoms with Crippen molar-refractivity contribution in [3.05, 3.63) is 0 Å². The third-order valence-corrected chi connectivity index (χ3v) is 2.35. The van der Waals surface area contributed by atoms with Gasteiger partial charge in [-0.25, -0.2) is 0 Å². The Morgan fingerprint density at radius 2 is 1.83 bits per heavy atom. The topological polar surface area (TPSA) is 55.8 Å². The predicted molar refractivity (Wildman–Crippen MR) is 69.2 cm³/mol. The minimum absolute atomic E-state index is 0.138. The molecular formula is C13H25NO4. The maximum atomic E-state index is 11.5. The van der Waals surface area contributed by atoms with Gasteiger partial charge in [-0.05, 0) is 26.9 Å². The van der Waals surface area contributed by atoms with Gasteiger partial charge in [0.2, 0.25) is 0 Å². The Morgan fingerprint density at radius 3 is 2.33 bits per heavy atom. The Balaban J connectivity index is 4.18. The van der Waals surface area contributed by atoms with Crippen molar-refractivity contribution in [3.63, 3.8) is 0 Å². The van der Waals surface area contributed by atoms with Gasteiger partial charge in [-0.1, -0.05) is 13.8 Å². The van der Waals surface area contributed by atoms with Crippen LogP contribution in [0.25, 0.3) is 0 Å². The summed E-state index contributed by atoms with van der Waals surface area (Å²) < 4.78 is 10.2. The van der Waals surface area contributed by atoms with Crippen LogP contribution in [0.15, 0.2) is 0 Å². The van der Waals surface area contributed by atoms with E-state index >= 15 is 0 Å². The molecule has 0 spiro atoms. The Hall–Kier alpha value is -1.10. The molecule has 0 heterocycles. The van der Waals surface area contributed by atoms with Crippen LogP contribution < -0.4 is 0 Å². The highest BCUT2D eigenvalue weighted by molar-refractivity contribution is 5.72. The van der Waals surface area contributed by atoms with Crippen molar-refractivity contribution in [2.75, 3.05) is 27.2 Å². The highest BCUT2D eigenvalue weighted by Gasteiger charge is 2.18. The van der Waals surface area contributed by atoms with Crippen LogP contribution in [0.4, 0.5) is 0 Å². The Morgan fingerprint density at radius 1 is 1.17 bits per heavy atom. The van der Waals surface area contributed by atoms with Gasteiger partial charge in [0, 0.05) is 13.0 Å². The summed E-state index contributed by atoms with van der Waals surface area (Å²) in [5, 5.41) is 0. The zero-order valence-electron chi connectivity index (χ0n) is 11.9. The molecule has 0 rings (SSSR count). The van der Waals surface area contributed by atoms with E-state index in [1.54, 1.807) is 6.92 Å². The first-order chi connectivity index (χ1) is 8.49. The largest absolute Gasteiger partial charge is 0.466 e. The molecule has 0 bridgehead atoms. The minimum Gasteiger partial charge on any atom is -0.466 e. The van der Waals surface area contributed by atoms with Crippen LogP contribution in [-0.2, 0) is 19.1 Å². The van der Waals surface area contributed by atoms with Crippen molar-refractivity contribution in [1.82, 2.24) is 4.90 Å². The second-order valence-corrected chi connectivity index (χ2v) is 4.48. The molecule has 1 atom stereocenters. The average Bonchev–Trinajstić information content (AvgIpc) is 2.33. The second kappa shape index (κ2) is 9.88. The summed E-state index contributed by atoms with van der Waals surface area (Å²) in [6.07, 6.45) is 1.51. The molecule has 0 saturated heterocycles. The van der Waals surface area contributed by atoms with Crippen LogP contribution in [0.2, 0.25) is 0 Å². The lowest BCUT2D eigenvalue weighted by Crippen LogP contribution is -2.27. The van der Waals surface area contributed by atoms with Crippen molar-refractivity contribution in [2.24, 2.45) is 0 Å². The number of hydrogen-bond acceptors (Lipinski definition) is 5. The SMILES string of the molecule is CCCOC(=O)C[C@H](CCN(C)C)OC(=O)CC. The van der Waals surface area contributed by atoms with Crippen LogP contribution in [0.5, 0.6) is 0 Å². The maximum absolute atomic E-state index is 11.5. The molecular weight excluding hydrogens is 234 g/mol. The van der Waals surface area contributed by atoms with E-state index in [9.17, 15) is 9.59 Å². The molecule has 0 aliphatic rings. The summed E-state index contributed by atoms with van der Waals surface area (Å²) in [6, 6.07) is 0. The molecule has 0 amide bonds. The summed E-state index contributed by atoms with van der Waals surface area (Å²) in [7, 11) is 3.88. The van der Waals surface area contributed by atoms with Crippen molar-refractivity contribution < 1.29 is 19.1 Å². The monoisotopic (exact) mass is 259 g/mol. The number of ether oxygens (including phenoxy) is 2. The van der Waals surface area contributed by atoms with Crippen molar-refractivity contribution in [2.45, 2.75) is 45.6 Å². The van der Waals surface area contributed by atoms with E-state index in [1.807, 2.05) is 25.9 Å². The first kappa shape index (κ1) is 16.9.